The fourth-order valence-corrected chi connectivity index (χ4v) is 3.33. The molecule has 27 heavy (non-hydrogen) atoms. The topological polar surface area (TPSA) is 90.9 Å². The van der Waals surface area contributed by atoms with E-state index in [1.807, 2.05) is 6.92 Å². The number of carbonyl (C=O) groups excluding carboxylic acids is 1. The second-order valence-corrected chi connectivity index (χ2v) is 7.18. The first-order valence-corrected chi connectivity index (χ1v) is 10.1. The minimum Gasteiger partial charge on any atom is -0.494 e. The van der Waals surface area contributed by atoms with Crippen LogP contribution >= 0.6 is 0 Å². The molecule has 2 aromatic carbocycles. The van der Waals surface area contributed by atoms with Crippen molar-refractivity contribution in [1.82, 2.24) is 4.72 Å². The molecule has 0 amide bonds. The number of sulfonamides is 1. The molecule has 7 nitrogen and oxygen atoms in total. The van der Waals surface area contributed by atoms with Crippen molar-refractivity contribution in [3.63, 3.8) is 0 Å². The molecule has 8 heteroatoms. The molecular formula is C19H23NO6S. The van der Waals surface area contributed by atoms with Gasteiger partial charge in [-0.05, 0) is 49.4 Å². The van der Waals surface area contributed by atoms with E-state index in [2.05, 4.69) is 4.72 Å². The third-order valence-corrected chi connectivity index (χ3v) is 4.98. The van der Waals surface area contributed by atoms with Gasteiger partial charge in [-0.1, -0.05) is 13.0 Å². The smallest absolute Gasteiger partial charge is 0.338 e. The SMILES string of the molecule is CCNS(=O)(=O)c1cccc(C(=O)OCCOc2ccc(OCC)cc2)c1. The van der Waals surface area contributed by atoms with Gasteiger partial charge in [0.15, 0.2) is 0 Å². The van der Waals surface area contributed by atoms with E-state index in [-0.39, 0.29) is 30.2 Å². The second kappa shape index (κ2) is 9.94. The molecule has 146 valence electrons. The third-order valence-electron chi connectivity index (χ3n) is 3.43. The molecule has 0 aromatic heterocycles. The quantitative estimate of drug-likeness (QED) is 0.493. The minimum atomic E-state index is -3.63. The summed E-state index contributed by atoms with van der Waals surface area (Å²) in [5, 5.41) is 0. The Bertz CT molecular complexity index is 849. The summed E-state index contributed by atoms with van der Waals surface area (Å²) >= 11 is 0. The lowest BCUT2D eigenvalue weighted by Crippen LogP contribution is -2.23. The van der Waals surface area contributed by atoms with Gasteiger partial charge in [-0.3, -0.25) is 0 Å². The highest BCUT2D eigenvalue weighted by molar-refractivity contribution is 7.89. The zero-order chi connectivity index (χ0) is 19.7. The van der Waals surface area contributed by atoms with Crippen molar-refractivity contribution in [1.29, 1.82) is 0 Å². The lowest BCUT2D eigenvalue weighted by molar-refractivity contribution is 0.0450. The summed E-state index contributed by atoms with van der Waals surface area (Å²) in [6.07, 6.45) is 0. The van der Waals surface area contributed by atoms with Gasteiger partial charge in [0, 0.05) is 6.54 Å². The molecule has 0 saturated carbocycles. The first kappa shape index (κ1) is 20.7. The van der Waals surface area contributed by atoms with Gasteiger partial charge in [0.25, 0.3) is 0 Å². The van der Waals surface area contributed by atoms with Gasteiger partial charge in [-0.2, -0.15) is 0 Å². The Labute approximate surface area is 159 Å². The van der Waals surface area contributed by atoms with Crippen LogP contribution in [0.4, 0.5) is 0 Å². The molecule has 0 spiro atoms. The van der Waals surface area contributed by atoms with E-state index in [0.29, 0.717) is 12.4 Å². The van der Waals surface area contributed by atoms with Crippen LogP contribution in [0.3, 0.4) is 0 Å². The van der Waals surface area contributed by atoms with E-state index in [1.165, 1.54) is 24.3 Å². The number of nitrogens with one attached hydrogen (secondary N) is 1. The minimum absolute atomic E-state index is 0.0180. The summed E-state index contributed by atoms with van der Waals surface area (Å²) in [6.45, 7) is 4.66. The molecule has 2 rings (SSSR count). The van der Waals surface area contributed by atoms with E-state index in [4.69, 9.17) is 14.2 Å². The number of benzene rings is 2. The highest BCUT2D eigenvalue weighted by atomic mass is 32.2. The molecule has 0 aliphatic rings. The van der Waals surface area contributed by atoms with Crippen molar-refractivity contribution in [2.75, 3.05) is 26.4 Å². The normalized spacial score (nSPS) is 11.0. The Balaban J connectivity index is 1.85. The number of ether oxygens (including phenoxy) is 3. The van der Waals surface area contributed by atoms with Crippen molar-refractivity contribution in [3.05, 3.63) is 54.1 Å². The number of esters is 1. The maximum absolute atomic E-state index is 12.1. The van der Waals surface area contributed by atoms with E-state index >= 15 is 0 Å². The molecule has 1 N–H and O–H groups in total. The number of rotatable bonds is 10. The number of hydrogen-bond acceptors (Lipinski definition) is 6. The first-order chi connectivity index (χ1) is 13.0. The fraction of sp³-hybridized carbons (Fsp3) is 0.316. The highest BCUT2D eigenvalue weighted by Crippen LogP contribution is 2.17. The monoisotopic (exact) mass is 393 g/mol. The molecular weight excluding hydrogens is 370 g/mol. The molecule has 0 saturated heterocycles. The van der Waals surface area contributed by atoms with Gasteiger partial charge in [0.05, 0.1) is 17.1 Å². The Kier molecular flexibility index (Phi) is 7.63. The van der Waals surface area contributed by atoms with E-state index in [1.54, 1.807) is 31.2 Å². The van der Waals surface area contributed by atoms with Gasteiger partial charge < -0.3 is 14.2 Å². The maximum Gasteiger partial charge on any atom is 0.338 e. The van der Waals surface area contributed by atoms with E-state index < -0.39 is 16.0 Å². The van der Waals surface area contributed by atoms with Gasteiger partial charge >= 0.3 is 5.97 Å². The summed E-state index contributed by atoms with van der Waals surface area (Å²) in [6, 6.07) is 12.8. The van der Waals surface area contributed by atoms with Gasteiger partial charge in [0.2, 0.25) is 10.0 Å². The van der Waals surface area contributed by atoms with Crippen LogP contribution in [0.2, 0.25) is 0 Å². The van der Waals surface area contributed by atoms with Crippen LogP contribution in [-0.2, 0) is 14.8 Å². The molecule has 2 aromatic rings. The predicted octanol–water partition coefficient (Wildman–Crippen LogP) is 2.62. The predicted molar refractivity (Wildman–Crippen MR) is 101 cm³/mol. The zero-order valence-electron chi connectivity index (χ0n) is 15.3. The number of hydrogen-bond donors (Lipinski definition) is 1. The molecule has 0 aliphatic heterocycles. The largest absolute Gasteiger partial charge is 0.494 e. The Morgan fingerprint density at radius 3 is 2.26 bits per heavy atom. The van der Waals surface area contributed by atoms with E-state index in [0.717, 1.165) is 5.75 Å². The van der Waals surface area contributed by atoms with Gasteiger partial charge in [0.1, 0.15) is 24.7 Å². The summed E-state index contributed by atoms with van der Waals surface area (Å²) in [5.74, 6) is 0.774. The number of carbonyl (C=O) groups is 1. The summed E-state index contributed by atoms with van der Waals surface area (Å²) in [5.41, 5.74) is 0.162. The average molecular weight is 393 g/mol. The molecule has 0 bridgehead atoms. The molecule has 0 heterocycles. The van der Waals surface area contributed by atoms with Gasteiger partial charge in [-0.15, -0.1) is 0 Å². The Morgan fingerprint density at radius 2 is 1.63 bits per heavy atom. The lowest BCUT2D eigenvalue weighted by atomic mass is 10.2. The third kappa shape index (κ3) is 6.26. The van der Waals surface area contributed by atoms with Crippen LogP contribution in [0.5, 0.6) is 11.5 Å². The first-order valence-electron chi connectivity index (χ1n) is 8.58. The van der Waals surface area contributed by atoms with Crippen LogP contribution in [0.15, 0.2) is 53.4 Å². The molecule has 0 radical (unpaired) electrons. The second-order valence-electron chi connectivity index (χ2n) is 5.42. The van der Waals surface area contributed by atoms with Crippen LogP contribution in [-0.4, -0.2) is 40.8 Å². The maximum atomic E-state index is 12.1. The van der Waals surface area contributed by atoms with Crippen LogP contribution in [0, 0.1) is 0 Å². The summed E-state index contributed by atoms with van der Waals surface area (Å²) in [7, 11) is -3.63. The molecule has 0 aliphatic carbocycles. The van der Waals surface area contributed by atoms with Crippen molar-refractivity contribution < 1.29 is 27.4 Å². The van der Waals surface area contributed by atoms with Crippen LogP contribution in [0.1, 0.15) is 24.2 Å². The summed E-state index contributed by atoms with van der Waals surface area (Å²) in [4.78, 5) is 12.1. The van der Waals surface area contributed by atoms with Crippen molar-refractivity contribution >= 4 is 16.0 Å². The Hall–Kier alpha value is -2.58. The van der Waals surface area contributed by atoms with E-state index in [9.17, 15) is 13.2 Å². The summed E-state index contributed by atoms with van der Waals surface area (Å²) < 4.78 is 42.3. The molecule has 0 fully saturated rings. The van der Waals surface area contributed by atoms with Crippen LogP contribution < -0.4 is 14.2 Å². The lowest BCUT2D eigenvalue weighted by Gasteiger charge is -2.09. The zero-order valence-corrected chi connectivity index (χ0v) is 16.1. The van der Waals surface area contributed by atoms with Gasteiger partial charge in [-0.25, -0.2) is 17.9 Å². The fourth-order valence-electron chi connectivity index (χ4n) is 2.24. The standard InChI is InChI=1S/C19H23NO6S/c1-3-20-27(22,23)18-7-5-6-15(14-18)19(21)26-13-12-25-17-10-8-16(9-11-17)24-4-2/h5-11,14,20H,3-4,12-13H2,1-2H3. The Morgan fingerprint density at radius 1 is 0.963 bits per heavy atom. The average Bonchev–Trinajstić information content (AvgIpc) is 2.66. The molecule has 0 atom stereocenters. The van der Waals surface area contributed by atoms with Crippen molar-refractivity contribution in [3.8, 4) is 11.5 Å². The van der Waals surface area contributed by atoms with Crippen LogP contribution in [0.25, 0.3) is 0 Å². The highest BCUT2D eigenvalue weighted by Gasteiger charge is 2.15. The molecule has 0 unspecified atom stereocenters. The van der Waals surface area contributed by atoms with Crippen molar-refractivity contribution in [2.45, 2.75) is 18.7 Å². The van der Waals surface area contributed by atoms with Crippen molar-refractivity contribution in [2.24, 2.45) is 0 Å².